The van der Waals surface area contributed by atoms with Crippen LogP contribution >= 0.6 is 31.9 Å². The molecule has 148 valence electrons. The summed E-state index contributed by atoms with van der Waals surface area (Å²) < 4.78 is 14.2. The van der Waals surface area contributed by atoms with Gasteiger partial charge in [0, 0.05) is 11.1 Å². The zero-order chi connectivity index (χ0) is 20.8. The third-order valence-corrected chi connectivity index (χ3v) is 5.95. The molecule has 0 saturated carbocycles. The first-order valence-electron chi connectivity index (χ1n) is 9.46. The summed E-state index contributed by atoms with van der Waals surface area (Å²) in [7, 11) is 1.71. The van der Waals surface area contributed by atoms with Gasteiger partial charge >= 0.3 is 0 Å². The van der Waals surface area contributed by atoms with Crippen LogP contribution in [-0.4, -0.2) is 12.7 Å². The van der Waals surface area contributed by atoms with E-state index in [9.17, 15) is 0 Å². The van der Waals surface area contributed by atoms with Crippen LogP contribution in [0.3, 0.4) is 0 Å². The molecule has 0 amide bonds. The van der Waals surface area contributed by atoms with E-state index in [0.717, 1.165) is 53.1 Å². The SMILES string of the molecule is COc1c(Br)cc2ccccc2c1-c1c(OC(C)(C)C)c(Br)cc2ccccc12. The van der Waals surface area contributed by atoms with E-state index in [4.69, 9.17) is 9.47 Å². The second kappa shape index (κ2) is 7.66. The Morgan fingerprint density at radius 3 is 1.62 bits per heavy atom. The Hall–Kier alpha value is -2.04. The Kier molecular flexibility index (Phi) is 5.34. The molecule has 0 atom stereocenters. The molecule has 0 N–H and O–H groups in total. The van der Waals surface area contributed by atoms with Gasteiger partial charge in [-0.1, -0.05) is 48.5 Å². The van der Waals surface area contributed by atoms with E-state index >= 15 is 0 Å². The summed E-state index contributed by atoms with van der Waals surface area (Å²) in [4.78, 5) is 0. The minimum Gasteiger partial charge on any atom is -0.495 e. The molecular formula is C25H22Br2O2. The summed E-state index contributed by atoms with van der Waals surface area (Å²) >= 11 is 7.49. The monoisotopic (exact) mass is 512 g/mol. The lowest BCUT2D eigenvalue weighted by Gasteiger charge is -2.27. The summed E-state index contributed by atoms with van der Waals surface area (Å²) in [6, 6.07) is 21.0. The molecule has 0 saturated heterocycles. The molecule has 0 bridgehead atoms. The fraction of sp³-hybridized carbons (Fsp3) is 0.200. The van der Waals surface area contributed by atoms with E-state index in [-0.39, 0.29) is 5.60 Å². The van der Waals surface area contributed by atoms with Crippen LogP contribution in [0.4, 0.5) is 0 Å². The highest BCUT2D eigenvalue weighted by molar-refractivity contribution is 9.11. The first kappa shape index (κ1) is 20.2. The van der Waals surface area contributed by atoms with Crippen LogP contribution in [0.15, 0.2) is 69.6 Å². The molecule has 0 aliphatic heterocycles. The first-order valence-corrected chi connectivity index (χ1v) is 11.0. The largest absolute Gasteiger partial charge is 0.495 e. The smallest absolute Gasteiger partial charge is 0.142 e. The van der Waals surface area contributed by atoms with E-state index < -0.39 is 0 Å². The minimum absolute atomic E-state index is 0.352. The molecule has 0 unspecified atom stereocenters. The van der Waals surface area contributed by atoms with E-state index in [1.165, 1.54) is 0 Å². The summed E-state index contributed by atoms with van der Waals surface area (Å²) in [5.41, 5.74) is 1.70. The van der Waals surface area contributed by atoms with E-state index in [1.54, 1.807) is 7.11 Å². The summed E-state index contributed by atoms with van der Waals surface area (Å²) in [6.07, 6.45) is 0. The molecule has 0 heterocycles. The van der Waals surface area contributed by atoms with Crippen molar-refractivity contribution in [3.63, 3.8) is 0 Å². The Balaban J connectivity index is 2.23. The zero-order valence-corrected chi connectivity index (χ0v) is 20.0. The van der Waals surface area contributed by atoms with Crippen LogP contribution in [0.25, 0.3) is 32.7 Å². The lowest BCUT2D eigenvalue weighted by Crippen LogP contribution is -2.23. The van der Waals surface area contributed by atoms with Gasteiger partial charge in [-0.3, -0.25) is 0 Å². The fourth-order valence-electron chi connectivity index (χ4n) is 3.69. The molecule has 4 aromatic rings. The number of ether oxygens (including phenoxy) is 2. The Labute approximate surface area is 188 Å². The van der Waals surface area contributed by atoms with Crippen LogP contribution < -0.4 is 9.47 Å². The van der Waals surface area contributed by atoms with Crippen molar-refractivity contribution in [1.82, 2.24) is 0 Å². The number of halogens is 2. The molecule has 29 heavy (non-hydrogen) atoms. The van der Waals surface area contributed by atoms with Gasteiger partial charge in [-0.15, -0.1) is 0 Å². The van der Waals surface area contributed by atoms with Crippen molar-refractivity contribution in [3.05, 3.63) is 69.6 Å². The predicted octanol–water partition coefficient (Wildman–Crippen LogP) is 8.37. The van der Waals surface area contributed by atoms with Crippen LogP contribution in [0, 0.1) is 0 Å². The summed E-state index contributed by atoms with van der Waals surface area (Å²) in [5, 5.41) is 4.52. The molecule has 0 aliphatic carbocycles. The van der Waals surface area contributed by atoms with Crippen molar-refractivity contribution < 1.29 is 9.47 Å². The number of benzene rings is 4. The highest BCUT2D eigenvalue weighted by atomic mass is 79.9. The van der Waals surface area contributed by atoms with Crippen LogP contribution in [0.2, 0.25) is 0 Å². The number of methoxy groups -OCH3 is 1. The van der Waals surface area contributed by atoms with Gasteiger partial charge in [-0.2, -0.15) is 0 Å². The molecule has 4 aromatic carbocycles. The van der Waals surface area contributed by atoms with Crippen LogP contribution in [0.5, 0.6) is 11.5 Å². The third-order valence-electron chi connectivity index (χ3n) is 4.78. The van der Waals surface area contributed by atoms with E-state index in [0.29, 0.717) is 0 Å². The predicted molar refractivity (Wildman–Crippen MR) is 129 cm³/mol. The van der Waals surface area contributed by atoms with Crippen LogP contribution in [-0.2, 0) is 0 Å². The second-order valence-corrected chi connectivity index (χ2v) is 9.69. The van der Waals surface area contributed by atoms with Crippen molar-refractivity contribution in [1.29, 1.82) is 0 Å². The Morgan fingerprint density at radius 2 is 1.14 bits per heavy atom. The quantitative estimate of drug-likeness (QED) is 0.274. The van der Waals surface area contributed by atoms with Gasteiger partial charge in [0.25, 0.3) is 0 Å². The maximum atomic E-state index is 6.50. The van der Waals surface area contributed by atoms with Crippen molar-refractivity contribution in [2.24, 2.45) is 0 Å². The maximum absolute atomic E-state index is 6.50. The number of hydrogen-bond donors (Lipinski definition) is 0. The van der Waals surface area contributed by atoms with E-state index in [2.05, 4.69) is 113 Å². The molecule has 0 fully saturated rings. The van der Waals surface area contributed by atoms with E-state index in [1.807, 2.05) is 0 Å². The Morgan fingerprint density at radius 1 is 0.690 bits per heavy atom. The van der Waals surface area contributed by atoms with Crippen molar-refractivity contribution in [3.8, 4) is 22.6 Å². The van der Waals surface area contributed by atoms with Gasteiger partial charge in [0.1, 0.15) is 17.1 Å². The molecule has 4 rings (SSSR count). The van der Waals surface area contributed by atoms with Crippen molar-refractivity contribution >= 4 is 53.4 Å². The average Bonchev–Trinajstić information content (AvgIpc) is 2.67. The zero-order valence-electron chi connectivity index (χ0n) is 16.8. The summed E-state index contributed by atoms with van der Waals surface area (Å²) in [6.45, 7) is 6.19. The topological polar surface area (TPSA) is 18.5 Å². The number of fused-ring (bicyclic) bond motifs is 2. The molecule has 0 radical (unpaired) electrons. The molecule has 0 aliphatic rings. The fourth-order valence-corrected chi connectivity index (χ4v) is 4.82. The lowest BCUT2D eigenvalue weighted by molar-refractivity contribution is 0.131. The molecule has 0 aromatic heterocycles. The minimum atomic E-state index is -0.352. The molecule has 4 heteroatoms. The number of hydrogen-bond acceptors (Lipinski definition) is 2. The second-order valence-electron chi connectivity index (χ2n) is 7.99. The van der Waals surface area contributed by atoms with Crippen molar-refractivity contribution in [2.45, 2.75) is 26.4 Å². The highest BCUT2D eigenvalue weighted by Crippen LogP contribution is 2.51. The van der Waals surface area contributed by atoms with Gasteiger partial charge in [-0.25, -0.2) is 0 Å². The third kappa shape index (κ3) is 3.76. The van der Waals surface area contributed by atoms with Gasteiger partial charge in [0.15, 0.2) is 0 Å². The van der Waals surface area contributed by atoms with Gasteiger partial charge in [0.05, 0.1) is 16.1 Å². The molecule has 2 nitrogen and oxygen atoms in total. The average molecular weight is 514 g/mol. The number of rotatable bonds is 3. The van der Waals surface area contributed by atoms with Crippen LogP contribution in [0.1, 0.15) is 20.8 Å². The van der Waals surface area contributed by atoms with Crippen molar-refractivity contribution in [2.75, 3.05) is 7.11 Å². The highest BCUT2D eigenvalue weighted by Gasteiger charge is 2.25. The van der Waals surface area contributed by atoms with Gasteiger partial charge < -0.3 is 9.47 Å². The lowest BCUT2D eigenvalue weighted by atomic mass is 9.92. The first-order chi connectivity index (χ1) is 13.8. The maximum Gasteiger partial charge on any atom is 0.142 e. The molecular weight excluding hydrogens is 492 g/mol. The van der Waals surface area contributed by atoms with Gasteiger partial charge in [0.2, 0.25) is 0 Å². The molecule has 0 spiro atoms. The Bertz CT molecular complexity index is 1220. The van der Waals surface area contributed by atoms with Gasteiger partial charge in [-0.05, 0) is 86.3 Å². The standard InChI is InChI=1S/C25H22Br2O2/c1-25(2,3)29-24-20(27)14-16-10-6-8-12-18(16)22(24)21-17-11-7-5-9-15(17)13-19(26)23(21)28-4/h5-14H,1-4H3. The summed E-state index contributed by atoms with van der Waals surface area (Å²) in [5.74, 6) is 1.61. The normalized spacial score (nSPS) is 11.8.